The van der Waals surface area contributed by atoms with E-state index in [0.29, 0.717) is 0 Å². The van der Waals surface area contributed by atoms with Crippen molar-refractivity contribution in [3.05, 3.63) is 48.5 Å². The monoisotopic (exact) mass is 337 g/mol. The van der Waals surface area contributed by atoms with E-state index in [2.05, 4.69) is 60.5 Å². The molecule has 4 aliphatic rings. The number of quaternary nitrogens is 1. The van der Waals surface area contributed by atoms with E-state index in [1.54, 1.807) is 0 Å². The first kappa shape index (κ1) is 14.9. The van der Waals surface area contributed by atoms with E-state index >= 15 is 0 Å². The Labute approximate surface area is 149 Å². The highest BCUT2D eigenvalue weighted by Crippen LogP contribution is 2.49. The van der Waals surface area contributed by atoms with Gasteiger partial charge in [0.1, 0.15) is 0 Å². The summed E-state index contributed by atoms with van der Waals surface area (Å²) < 4.78 is 1.30. The molecule has 2 bridgehead atoms. The van der Waals surface area contributed by atoms with Gasteiger partial charge < -0.3 is 9.38 Å². The van der Waals surface area contributed by atoms with Crippen LogP contribution < -0.4 is 4.90 Å². The van der Waals surface area contributed by atoms with Crippen molar-refractivity contribution in [3.8, 4) is 0 Å². The third-order valence-electron chi connectivity index (χ3n) is 6.37. The second-order valence-corrected chi connectivity index (χ2v) is 9.08. The Morgan fingerprint density at radius 3 is 2.12 bits per heavy atom. The maximum absolute atomic E-state index is 2.61. The zero-order valence-corrected chi connectivity index (χ0v) is 15.1. The van der Waals surface area contributed by atoms with E-state index in [-0.39, 0.29) is 0 Å². The maximum Gasteiger partial charge on any atom is 0.0833 e. The summed E-state index contributed by atoms with van der Waals surface area (Å²) in [5.41, 5.74) is 2.81. The maximum atomic E-state index is 2.61. The zero-order valence-electron chi connectivity index (χ0n) is 14.3. The number of piperidine rings is 3. The Kier molecular flexibility index (Phi) is 3.43. The van der Waals surface area contributed by atoms with E-state index in [0.717, 1.165) is 11.8 Å². The summed E-state index contributed by atoms with van der Waals surface area (Å²) in [6.07, 6.45) is 2.85. The topological polar surface area (TPSA) is 3.24 Å². The quantitative estimate of drug-likeness (QED) is 0.726. The summed E-state index contributed by atoms with van der Waals surface area (Å²) in [4.78, 5) is 5.41. The standard InChI is InChI=1S/C21H25N2S/c1-23-12-10-16(11-13-23)17(15-23)14-22-18-6-2-4-8-20(18)24-21-9-5-3-7-19(21)22/h2-9,16-17H,10-15H2,1H3/q+1/t16?,17-,23?/m0/s1. The summed E-state index contributed by atoms with van der Waals surface area (Å²) >= 11 is 1.92. The van der Waals surface area contributed by atoms with Crippen molar-refractivity contribution in [3.63, 3.8) is 0 Å². The van der Waals surface area contributed by atoms with E-state index in [9.17, 15) is 0 Å². The number of para-hydroxylation sites is 2. The van der Waals surface area contributed by atoms with Gasteiger partial charge in [-0.15, -0.1) is 0 Å². The van der Waals surface area contributed by atoms with Gasteiger partial charge >= 0.3 is 0 Å². The van der Waals surface area contributed by atoms with E-state index in [1.807, 2.05) is 11.8 Å². The first-order valence-corrected chi connectivity index (χ1v) is 10.0. The third-order valence-corrected chi connectivity index (χ3v) is 7.50. The zero-order chi connectivity index (χ0) is 16.1. The minimum Gasteiger partial charge on any atom is -0.339 e. The highest BCUT2D eigenvalue weighted by atomic mass is 32.2. The highest BCUT2D eigenvalue weighted by Gasteiger charge is 2.44. The molecule has 2 aromatic rings. The van der Waals surface area contributed by atoms with Crippen molar-refractivity contribution in [2.45, 2.75) is 22.6 Å². The number of fused-ring (bicyclic) bond motifs is 5. The molecule has 0 spiro atoms. The molecule has 0 unspecified atom stereocenters. The van der Waals surface area contributed by atoms with E-state index in [4.69, 9.17) is 0 Å². The van der Waals surface area contributed by atoms with Crippen molar-refractivity contribution in [1.29, 1.82) is 0 Å². The van der Waals surface area contributed by atoms with Gasteiger partial charge in [-0.25, -0.2) is 0 Å². The number of anilines is 2. The number of rotatable bonds is 2. The second kappa shape index (κ2) is 5.53. The van der Waals surface area contributed by atoms with Gasteiger partial charge in [0.25, 0.3) is 0 Å². The fourth-order valence-electron chi connectivity index (χ4n) is 5.00. The van der Waals surface area contributed by atoms with Gasteiger partial charge in [0.2, 0.25) is 0 Å². The normalized spacial score (nSPS) is 30.8. The van der Waals surface area contributed by atoms with E-state index in [1.165, 1.54) is 64.7 Å². The second-order valence-electron chi connectivity index (χ2n) is 7.99. The smallest absolute Gasteiger partial charge is 0.0833 e. The molecule has 0 saturated carbocycles. The van der Waals surface area contributed by atoms with Gasteiger partial charge in [-0.2, -0.15) is 0 Å². The van der Waals surface area contributed by atoms with Crippen LogP contribution in [0.5, 0.6) is 0 Å². The van der Waals surface area contributed by atoms with Crippen LogP contribution in [0.15, 0.2) is 58.3 Å². The Balaban J connectivity index is 1.51. The van der Waals surface area contributed by atoms with Crippen molar-refractivity contribution < 1.29 is 4.48 Å². The number of hydrogen-bond acceptors (Lipinski definition) is 2. The summed E-state index contributed by atoms with van der Waals surface area (Å²) in [5.74, 6) is 1.75. The van der Waals surface area contributed by atoms with Crippen LogP contribution in [0.3, 0.4) is 0 Å². The molecule has 0 aromatic heterocycles. The Morgan fingerprint density at radius 1 is 0.958 bits per heavy atom. The van der Waals surface area contributed by atoms with Gasteiger partial charge in [0.05, 0.1) is 38.1 Å². The minimum absolute atomic E-state index is 0.821. The van der Waals surface area contributed by atoms with Crippen LogP contribution in [0.4, 0.5) is 11.4 Å². The first-order valence-electron chi connectivity index (χ1n) is 9.19. The molecule has 3 heteroatoms. The summed E-state index contributed by atoms with van der Waals surface area (Å²) in [6.45, 7) is 5.32. The van der Waals surface area contributed by atoms with Gasteiger partial charge in [-0.05, 0) is 30.2 Å². The molecule has 2 nitrogen and oxygen atoms in total. The average Bonchev–Trinajstić information content (AvgIpc) is 2.62. The Morgan fingerprint density at radius 2 is 1.54 bits per heavy atom. The molecule has 124 valence electrons. The lowest BCUT2D eigenvalue weighted by Crippen LogP contribution is -2.60. The van der Waals surface area contributed by atoms with Crippen LogP contribution in [0.25, 0.3) is 0 Å². The van der Waals surface area contributed by atoms with Gasteiger partial charge in [-0.3, -0.25) is 0 Å². The Hall–Kier alpha value is -1.45. The largest absolute Gasteiger partial charge is 0.339 e. The van der Waals surface area contributed by atoms with Crippen LogP contribution in [-0.4, -0.2) is 37.7 Å². The third kappa shape index (κ3) is 2.37. The average molecular weight is 338 g/mol. The summed E-state index contributed by atoms with van der Waals surface area (Å²) in [7, 11) is 2.47. The van der Waals surface area contributed by atoms with Gasteiger partial charge in [0, 0.05) is 35.1 Å². The molecule has 2 aromatic carbocycles. The van der Waals surface area contributed by atoms with E-state index < -0.39 is 0 Å². The lowest BCUT2D eigenvalue weighted by Gasteiger charge is -2.52. The molecule has 4 heterocycles. The molecule has 3 fully saturated rings. The minimum atomic E-state index is 0.821. The lowest BCUT2D eigenvalue weighted by atomic mass is 9.77. The summed E-state index contributed by atoms with van der Waals surface area (Å²) in [6, 6.07) is 17.8. The van der Waals surface area contributed by atoms with Crippen LogP contribution in [0.1, 0.15) is 12.8 Å². The number of benzene rings is 2. The van der Waals surface area contributed by atoms with Gasteiger partial charge in [0.15, 0.2) is 0 Å². The lowest BCUT2D eigenvalue weighted by molar-refractivity contribution is -0.928. The summed E-state index contributed by atoms with van der Waals surface area (Å²) in [5, 5.41) is 0. The molecule has 0 amide bonds. The van der Waals surface area contributed by atoms with Crippen molar-refractivity contribution in [2.75, 3.05) is 38.1 Å². The number of nitrogens with zero attached hydrogens (tertiary/aromatic N) is 2. The molecule has 3 saturated heterocycles. The Bertz CT molecular complexity index is 718. The highest BCUT2D eigenvalue weighted by molar-refractivity contribution is 7.99. The fourth-order valence-corrected chi connectivity index (χ4v) is 6.10. The first-order chi connectivity index (χ1) is 11.7. The molecule has 0 aliphatic carbocycles. The molecule has 1 atom stereocenters. The predicted molar refractivity (Wildman–Crippen MR) is 101 cm³/mol. The molecule has 0 N–H and O–H groups in total. The molecule has 24 heavy (non-hydrogen) atoms. The molecule has 4 aliphatic heterocycles. The predicted octanol–water partition coefficient (Wildman–Crippen LogP) is 4.78. The van der Waals surface area contributed by atoms with Crippen LogP contribution >= 0.6 is 11.8 Å². The van der Waals surface area contributed by atoms with Crippen molar-refractivity contribution in [2.24, 2.45) is 11.8 Å². The van der Waals surface area contributed by atoms with Crippen molar-refractivity contribution in [1.82, 2.24) is 0 Å². The van der Waals surface area contributed by atoms with Crippen molar-refractivity contribution >= 4 is 23.1 Å². The molecule has 6 rings (SSSR count). The molecular weight excluding hydrogens is 312 g/mol. The number of hydrogen-bond donors (Lipinski definition) is 0. The fraction of sp³-hybridized carbons (Fsp3) is 0.429. The molecular formula is C21H25N2S+. The van der Waals surface area contributed by atoms with Crippen LogP contribution in [-0.2, 0) is 0 Å². The molecule has 0 radical (unpaired) electrons. The SMILES string of the molecule is C[N+]12CCC(CC1)[C@@H](CN1c3ccccc3Sc3ccccc31)C2. The van der Waals surface area contributed by atoms with Gasteiger partial charge in [-0.1, -0.05) is 36.0 Å². The van der Waals surface area contributed by atoms with Crippen LogP contribution in [0.2, 0.25) is 0 Å². The van der Waals surface area contributed by atoms with Crippen LogP contribution in [0, 0.1) is 11.8 Å².